The van der Waals surface area contributed by atoms with Crippen molar-refractivity contribution < 1.29 is 21.6 Å². The van der Waals surface area contributed by atoms with Crippen LogP contribution in [-0.2, 0) is 10.0 Å². The number of alkyl halides is 3. The summed E-state index contributed by atoms with van der Waals surface area (Å²) >= 11 is -0.283. The standard InChI is InChI=1S/C13H19F3N2O2S2/c1-12(2,8-17)9-18(3)22(19,20)11-6-4-10(5-7-11)21-13(14,15)16/h4-7H,8-9,17H2,1-3H3. The second-order valence-corrected chi connectivity index (χ2v) is 8.83. The molecule has 1 aromatic rings. The molecule has 0 fully saturated rings. The van der Waals surface area contributed by atoms with Crippen LogP contribution in [0.3, 0.4) is 0 Å². The topological polar surface area (TPSA) is 63.4 Å². The molecule has 0 amide bonds. The minimum atomic E-state index is -4.40. The lowest BCUT2D eigenvalue weighted by Crippen LogP contribution is -2.39. The quantitative estimate of drug-likeness (QED) is 0.796. The molecule has 0 heterocycles. The van der Waals surface area contributed by atoms with Crippen molar-refractivity contribution in [1.82, 2.24) is 4.31 Å². The van der Waals surface area contributed by atoms with E-state index in [0.717, 1.165) is 16.4 Å². The van der Waals surface area contributed by atoms with E-state index in [4.69, 9.17) is 5.73 Å². The van der Waals surface area contributed by atoms with Crippen LogP contribution in [0.4, 0.5) is 13.2 Å². The van der Waals surface area contributed by atoms with Crippen LogP contribution in [-0.4, -0.2) is 38.4 Å². The van der Waals surface area contributed by atoms with Gasteiger partial charge < -0.3 is 5.73 Å². The average molecular weight is 356 g/mol. The molecular weight excluding hydrogens is 337 g/mol. The van der Waals surface area contributed by atoms with Gasteiger partial charge in [0.05, 0.1) is 4.90 Å². The summed E-state index contributed by atoms with van der Waals surface area (Å²) in [5, 5.41) is 0. The third-order valence-electron chi connectivity index (χ3n) is 2.97. The average Bonchev–Trinajstić information content (AvgIpc) is 2.37. The van der Waals surface area contributed by atoms with Gasteiger partial charge in [0, 0.05) is 18.5 Å². The highest BCUT2D eigenvalue weighted by molar-refractivity contribution is 8.00. The Kier molecular flexibility index (Phi) is 5.94. The van der Waals surface area contributed by atoms with Gasteiger partial charge in [0.1, 0.15) is 0 Å². The maximum Gasteiger partial charge on any atom is 0.446 e. The van der Waals surface area contributed by atoms with Crippen molar-refractivity contribution in [2.45, 2.75) is 29.1 Å². The minimum absolute atomic E-state index is 0.0469. The summed E-state index contributed by atoms with van der Waals surface area (Å²) in [5.74, 6) is 0. The third-order valence-corrected chi connectivity index (χ3v) is 5.53. The Hall–Kier alpha value is -0.770. The molecule has 0 radical (unpaired) electrons. The van der Waals surface area contributed by atoms with E-state index < -0.39 is 20.9 Å². The first kappa shape index (κ1) is 19.3. The number of thioether (sulfide) groups is 1. The van der Waals surface area contributed by atoms with Gasteiger partial charge in [-0.3, -0.25) is 0 Å². The molecule has 0 aliphatic rings. The molecule has 2 N–H and O–H groups in total. The molecular formula is C13H19F3N2O2S2. The van der Waals surface area contributed by atoms with Gasteiger partial charge in [-0.2, -0.15) is 13.2 Å². The maximum atomic E-state index is 12.4. The van der Waals surface area contributed by atoms with E-state index in [1.165, 1.54) is 19.2 Å². The molecule has 0 saturated carbocycles. The molecule has 0 aliphatic heterocycles. The highest BCUT2D eigenvalue weighted by Crippen LogP contribution is 2.37. The number of nitrogens with zero attached hydrogens (tertiary/aromatic N) is 1. The lowest BCUT2D eigenvalue weighted by Gasteiger charge is -2.28. The lowest BCUT2D eigenvalue weighted by molar-refractivity contribution is -0.0328. The molecule has 0 unspecified atom stereocenters. The molecule has 0 aromatic heterocycles. The van der Waals surface area contributed by atoms with Crippen LogP contribution in [0.25, 0.3) is 0 Å². The fraction of sp³-hybridized carbons (Fsp3) is 0.538. The predicted molar refractivity (Wildman–Crippen MR) is 81.0 cm³/mol. The van der Waals surface area contributed by atoms with Crippen LogP contribution in [0.5, 0.6) is 0 Å². The zero-order valence-corrected chi connectivity index (χ0v) is 14.1. The number of hydrogen-bond acceptors (Lipinski definition) is 4. The number of nitrogens with two attached hydrogens (primary N) is 1. The third kappa shape index (κ3) is 5.45. The van der Waals surface area contributed by atoms with Crippen molar-refractivity contribution in [2.75, 3.05) is 20.1 Å². The Balaban J connectivity index is 2.94. The number of sulfonamides is 1. The summed E-state index contributed by atoms with van der Waals surface area (Å²) in [6, 6.07) is 4.64. The van der Waals surface area contributed by atoms with Crippen molar-refractivity contribution in [2.24, 2.45) is 11.1 Å². The fourth-order valence-corrected chi connectivity index (χ4v) is 3.64. The smallest absolute Gasteiger partial charge is 0.330 e. The molecule has 0 atom stereocenters. The first-order valence-corrected chi connectivity index (χ1v) is 8.65. The van der Waals surface area contributed by atoms with Gasteiger partial charge in [0.2, 0.25) is 10.0 Å². The molecule has 0 bridgehead atoms. The van der Waals surface area contributed by atoms with Crippen LogP contribution in [0.2, 0.25) is 0 Å². The van der Waals surface area contributed by atoms with E-state index in [1.54, 1.807) is 0 Å². The van der Waals surface area contributed by atoms with Gasteiger partial charge in [-0.25, -0.2) is 12.7 Å². The molecule has 0 spiro atoms. The summed E-state index contributed by atoms with van der Waals surface area (Å²) < 4.78 is 62.7. The molecule has 0 saturated heterocycles. The van der Waals surface area contributed by atoms with Crippen molar-refractivity contribution in [3.8, 4) is 0 Å². The lowest BCUT2D eigenvalue weighted by atomic mass is 9.94. The highest BCUT2D eigenvalue weighted by atomic mass is 32.2. The summed E-state index contributed by atoms with van der Waals surface area (Å²) in [5.41, 5.74) is 0.789. The van der Waals surface area contributed by atoms with Gasteiger partial charge in [-0.15, -0.1) is 0 Å². The van der Waals surface area contributed by atoms with Gasteiger partial charge in [-0.05, 0) is 48.0 Å². The van der Waals surface area contributed by atoms with Gasteiger partial charge in [0.15, 0.2) is 0 Å². The SMILES string of the molecule is CN(CC(C)(C)CN)S(=O)(=O)c1ccc(SC(F)(F)F)cc1. The molecule has 0 aliphatic carbocycles. The van der Waals surface area contributed by atoms with Gasteiger partial charge >= 0.3 is 5.51 Å². The molecule has 22 heavy (non-hydrogen) atoms. The van der Waals surface area contributed by atoms with Gasteiger partial charge in [0.25, 0.3) is 0 Å². The van der Waals surface area contributed by atoms with Crippen molar-refractivity contribution >= 4 is 21.8 Å². The first-order chi connectivity index (χ1) is 9.87. The number of rotatable bonds is 6. The second kappa shape index (κ2) is 6.77. The molecule has 4 nitrogen and oxygen atoms in total. The Morgan fingerprint density at radius 1 is 1.18 bits per heavy atom. The monoisotopic (exact) mass is 356 g/mol. The number of halogens is 3. The normalized spacial score (nSPS) is 13.6. The van der Waals surface area contributed by atoms with E-state index in [0.29, 0.717) is 6.54 Å². The number of hydrogen-bond donors (Lipinski definition) is 1. The van der Waals surface area contributed by atoms with E-state index in [9.17, 15) is 21.6 Å². The Labute approximate surface area is 132 Å². The maximum absolute atomic E-state index is 12.4. The van der Waals surface area contributed by atoms with E-state index in [-0.39, 0.29) is 28.1 Å². The van der Waals surface area contributed by atoms with E-state index in [2.05, 4.69) is 0 Å². The predicted octanol–water partition coefficient (Wildman–Crippen LogP) is 2.90. The van der Waals surface area contributed by atoms with Crippen LogP contribution in [0, 0.1) is 5.41 Å². The van der Waals surface area contributed by atoms with Crippen molar-refractivity contribution in [3.63, 3.8) is 0 Å². The Morgan fingerprint density at radius 2 is 1.68 bits per heavy atom. The van der Waals surface area contributed by atoms with Gasteiger partial charge in [-0.1, -0.05) is 13.8 Å². The van der Waals surface area contributed by atoms with Crippen molar-refractivity contribution in [3.05, 3.63) is 24.3 Å². The van der Waals surface area contributed by atoms with E-state index in [1.807, 2.05) is 13.8 Å². The number of benzene rings is 1. The molecule has 9 heteroatoms. The summed E-state index contributed by atoms with van der Waals surface area (Å²) in [7, 11) is -2.33. The van der Waals surface area contributed by atoms with Crippen LogP contribution in [0.1, 0.15) is 13.8 Å². The molecule has 1 rings (SSSR count). The largest absolute Gasteiger partial charge is 0.446 e. The fourth-order valence-electron chi connectivity index (χ4n) is 1.75. The Morgan fingerprint density at radius 3 is 2.09 bits per heavy atom. The highest BCUT2D eigenvalue weighted by Gasteiger charge is 2.30. The summed E-state index contributed by atoms with van der Waals surface area (Å²) in [6.45, 7) is 4.20. The van der Waals surface area contributed by atoms with Crippen LogP contribution in [0.15, 0.2) is 34.1 Å². The molecule has 1 aromatic carbocycles. The van der Waals surface area contributed by atoms with Crippen LogP contribution >= 0.6 is 11.8 Å². The minimum Gasteiger partial charge on any atom is -0.330 e. The zero-order valence-electron chi connectivity index (χ0n) is 12.5. The second-order valence-electron chi connectivity index (χ2n) is 5.65. The summed E-state index contributed by atoms with van der Waals surface area (Å²) in [4.78, 5) is -0.106. The van der Waals surface area contributed by atoms with E-state index >= 15 is 0 Å². The van der Waals surface area contributed by atoms with Crippen molar-refractivity contribution in [1.29, 1.82) is 0 Å². The molecule has 126 valence electrons. The van der Waals surface area contributed by atoms with Crippen LogP contribution < -0.4 is 5.73 Å². The Bertz CT molecular complexity index is 599. The zero-order chi connectivity index (χ0) is 17.2. The first-order valence-electron chi connectivity index (χ1n) is 6.40. The summed E-state index contributed by atoms with van der Waals surface area (Å²) in [6.07, 6.45) is 0.